The highest BCUT2D eigenvalue weighted by molar-refractivity contribution is 5.32. The molecule has 2 heterocycles. The second kappa shape index (κ2) is 4.11. The minimum Gasteiger partial charge on any atom is -0.372 e. The molecule has 3 rings (SSSR count). The molecule has 2 heteroatoms. The van der Waals surface area contributed by atoms with Gasteiger partial charge < -0.3 is 10.1 Å². The van der Waals surface area contributed by atoms with E-state index in [0.717, 1.165) is 19.6 Å². The van der Waals surface area contributed by atoms with E-state index in [1.165, 1.54) is 17.5 Å². The summed E-state index contributed by atoms with van der Waals surface area (Å²) in [6, 6.07) is 9.21. The zero-order valence-electron chi connectivity index (χ0n) is 10.7. The van der Waals surface area contributed by atoms with Crippen molar-refractivity contribution >= 4 is 0 Å². The summed E-state index contributed by atoms with van der Waals surface area (Å²) in [5.74, 6) is 0. The molecule has 0 aliphatic carbocycles. The topological polar surface area (TPSA) is 21.3 Å². The van der Waals surface area contributed by atoms with E-state index < -0.39 is 0 Å². The molecule has 2 aliphatic heterocycles. The number of hydrogen-bond acceptors (Lipinski definition) is 2. The molecule has 0 spiro atoms. The third kappa shape index (κ3) is 2.12. The SMILES string of the molecule is CC1(C)CNC([C@@H]2OCCc3ccccc32)C1. The number of ether oxygens (including phenoxy) is 1. The Morgan fingerprint density at radius 1 is 1.29 bits per heavy atom. The maximum absolute atomic E-state index is 6.02. The van der Waals surface area contributed by atoms with Gasteiger partial charge in [-0.15, -0.1) is 0 Å². The van der Waals surface area contributed by atoms with Crippen molar-refractivity contribution in [1.29, 1.82) is 0 Å². The van der Waals surface area contributed by atoms with Crippen molar-refractivity contribution in [3.63, 3.8) is 0 Å². The number of rotatable bonds is 1. The Bertz CT molecular complexity index is 413. The van der Waals surface area contributed by atoms with Crippen LogP contribution < -0.4 is 5.32 Å². The standard InChI is InChI=1S/C15H21NO/c1-15(2)9-13(16-10-15)14-12-6-4-3-5-11(12)7-8-17-14/h3-6,13-14,16H,7-10H2,1-2H3/t13?,14-/m1/s1. The molecule has 1 aromatic rings. The van der Waals surface area contributed by atoms with Gasteiger partial charge in [0, 0.05) is 12.6 Å². The van der Waals surface area contributed by atoms with E-state index >= 15 is 0 Å². The highest BCUT2D eigenvalue weighted by Gasteiger charge is 2.37. The summed E-state index contributed by atoms with van der Waals surface area (Å²) < 4.78 is 6.02. The van der Waals surface area contributed by atoms with Crippen molar-refractivity contribution in [2.24, 2.45) is 5.41 Å². The van der Waals surface area contributed by atoms with E-state index in [0.29, 0.717) is 11.5 Å². The van der Waals surface area contributed by atoms with E-state index in [-0.39, 0.29) is 6.10 Å². The zero-order valence-corrected chi connectivity index (χ0v) is 10.7. The van der Waals surface area contributed by atoms with Crippen LogP contribution in [0.25, 0.3) is 0 Å². The summed E-state index contributed by atoms with van der Waals surface area (Å²) in [4.78, 5) is 0. The minimum absolute atomic E-state index is 0.252. The van der Waals surface area contributed by atoms with E-state index in [4.69, 9.17) is 4.74 Å². The largest absolute Gasteiger partial charge is 0.372 e. The molecular weight excluding hydrogens is 210 g/mol. The molecule has 92 valence electrons. The van der Waals surface area contributed by atoms with Crippen LogP contribution >= 0.6 is 0 Å². The number of nitrogens with one attached hydrogen (secondary N) is 1. The van der Waals surface area contributed by atoms with Crippen molar-refractivity contribution in [3.8, 4) is 0 Å². The first-order valence-electron chi connectivity index (χ1n) is 6.58. The predicted molar refractivity (Wildman–Crippen MR) is 69.0 cm³/mol. The summed E-state index contributed by atoms with van der Waals surface area (Å²) in [6.45, 7) is 6.61. The lowest BCUT2D eigenvalue weighted by Crippen LogP contribution is -2.33. The first-order chi connectivity index (χ1) is 8.16. The molecule has 1 N–H and O–H groups in total. The van der Waals surface area contributed by atoms with Gasteiger partial charge in [-0.05, 0) is 29.4 Å². The molecule has 2 atom stereocenters. The number of fused-ring (bicyclic) bond motifs is 1. The number of hydrogen-bond donors (Lipinski definition) is 1. The fraction of sp³-hybridized carbons (Fsp3) is 0.600. The molecule has 0 aromatic heterocycles. The first kappa shape index (κ1) is 11.2. The monoisotopic (exact) mass is 231 g/mol. The quantitative estimate of drug-likeness (QED) is 0.802. The molecule has 0 bridgehead atoms. The van der Waals surface area contributed by atoms with E-state index in [9.17, 15) is 0 Å². The lowest BCUT2D eigenvalue weighted by Gasteiger charge is -2.31. The summed E-state index contributed by atoms with van der Waals surface area (Å²) in [7, 11) is 0. The minimum atomic E-state index is 0.252. The van der Waals surface area contributed by atoms with Gasteiger partial charge in [0.05, 0.1) is 12.7 Å². The maximum Gasteiger partial charge on any atom is 0.0980 e. The van der Waals surface area contributed by atoms with Gasteiger partial charge in [0.15, 0.2) is 0 Å². The van der Waals surface area contributed by atoms with Crippen molar-refractivity contribution < 1.29 is 4.74 Å². The fourth-order valence-electron chi connectivity index (χ4n) is 3.12. The van der Waals surface area contributed by atoms with Gasteiger partial charge in [-0.25, -0.2) is 0 Å². The smallest absolute Gasteiger partial charge is 0.0980 e. The molecule has 1 saturated heterocycles. The van der Waals surface area contributed by atoms with Crippen molar-refractivity contribution in [2.75, 3.05) is 13.2 Å². The third-order valence-electron chi connectivity index (χ3n) is 4.01. The predicted octanol–water partition coefficient (Wildman–Crippen LogP) is 2.69. The normalized spacial score (nSPS) is 31.2. The Morgan fingerprint density at radius 3 is 2.88 bits per heavy atom. The zero-order chi connectivity index (χ0) is 11.9. The maximum atomic E-state index is 6.02. The average molecular weight is 231 g/mol. The molecule has 17 heavy (non-hydrogen) atoms. The molecule has 0 radical (unpaired) electrons. The Morgan fingerprint density at radius 2 is 2.12 bits per heavy atom. The second-order valence-electron chi connectivity index (χ2n) is 6.10. The Kier molecular flexibility index (Phi) is 2.72. The van der Waals surface area contributed by atoms with Crippen LogP contribution in [0.3, 0.4) is 0 Å². The Labute approximate surface area is 103 Å². The van der Waals surface area contributed by atoms with Crippen LogP contribution in [-0.4, -0.2) is 19.2 Å². The van der Waals surface area contributed by atoms with Crippen LogP contribution in [0.4, 0.5) is 0 Å². The van der Waals surface area contributed by atoms with Crippen molar-refractivity contribution in [2.45, 2.75) is 38.8 Å². The highest BCUT2D eigenvalue weighted by Crippen LogP contribution is 2.37. The van der Waals surface area contributed by atoms with Gasteiger partial charge in [-0.2, -0.15) is 0 Å². The fourth-order valence-corrected chi connectivity index (χ4v) is 3.12. The van der Waals surface area contributed by atoms with E-state index in [1.54, 1.807) is 0 Å². The average Bonchev–Trinajstić information content (AvgIpc) is 2.69. The van der Waals surface area contributed by atoms with E-state index in [1.807, 2.05) is 0 Å². The molecule has 2 nitrogen and oxygen atoms in total. The summed E-state index contributed by atoms with van der Waals surface area (Å²) in [5, 5.41) is 3.63. The van der Waals surface area contributed by atoms with Crippen LogP contribution in [-0.2, 0) is 11.2 Å². The lowest BCUT2D eigenvalue weighted by atomic mass is 9.86. The van der Waals surface area contributed by atoms with Gasteiger partial charge in [0.25, 0.3) is 0 Å². The second-order valence-corrected chi connectivity index (χ2v) is 6.10. The number of benzene rings is 1. The van der Waals surface area contributed by atoms with Gasteiger partial charge in [-0.3, -0.25) is 0 Å². The van der Waals surface area contributed by atoms with Crippen molar-refractivity contribution in [1.82, 2.24) is 5.32 Å². The van der Waals surface area contributed by atoms with Gasteiger partial charge in [0.2, 0.25) is 0 Å². The molecule has 1 fully saturated rings. The summed E-state index contributed by atoms with van der Waals surface area (Å²) >= 11 is 0. The van der Waals surface area contributed by atoms with Gasteiger partial charge >= 0.3 is 0 Å². The van der Waals surface area contributed by atoms with Gasteiger partial charge in [-0.1, -0.05) is 38.1 Å². The molecule has 1 aromatic carbocycles. The Hall–Kier alpha value is -0.860. The van der Waals surface area contributed by atoms with Crippen LogP contribution in [0, 0.1) is 5.41 Å². The molecule has 0 saturated carbocycles. The van der Waals surface area contributed by atoms with Crippen LogP contribution in [0.2, 0.25) is 0 Å². The molecule has 0 amide bonds. The summed E-state index contributed by atoms with van der Waals surface area (Å²) in [6.07, 6.45) is 2.51. The van der Waals surface area contributed by atoms with Crippen LogP contribution in [0.5, 0.6) is 0 Å². The molecular formula is C15H21NO. The summed E-state index contributed by atoms with van der Waals surface area (Å²) in [5.41, 5.74) is 3.27. The first-order valence-corrected chi connectivity index (χ1v) is 6.58. The molecule has 1 unspecified atom stereocenters. The van der Waals surface area contributed by atoms with Crippen LogP contribution in [0.1, 0.15) is 37.5 Å². The van der Waals surface area contributed by atoms with E-state index in [2.05, 4.69) is 43.4 Å². The van der Waals surface area contributed by atoms with Crippen LogP contribution in [0.15, 0.2) is 24.3 Å². The highest BCUT2D eigenvalue weighted by atomic mass is 16.5. The van der Waals surface area contributed by atoms with Gasteiger partial charge in [0.1, 0.15) is 0 Å². The van der Waals surface area contributed by atoms with Crippen molar-refractivity contribution in [3.05, 3.63) is 35.4 Å². The lowest BCUT2D eigenvalue weighted by molar-refractivity contribution is 0.0181. The Balaban J connectivity index is 1.86. The molecule has 2 aliphatic rings. The third-order valence-corrected chi connectivity index (χ3v) is 4.01.